The van der Waals surface area contributed by atoms with Gasteiger partial charge in [0.15, 0.2) is 5.92 Å². The number of hydrogen-bond donors (Lipinski definition) is 1. The molecule has 0 heterocycles. The Morgan fingerprint density at radius 3 is 2.22 bits per heavy atom. The van der Waals surface area contributed by atoms with Crippen LogP contribution in [0.1, 0.15) is 0 Å². The highest BCUT2D eigenvalue weighted by molar-refractivity contribution is 6.44. The van der Waals surface area contributed by atoms with Gasteiger partial charge in [0, 0.05) is 6.54 Å². The normalized spacial score (nSPS) is 12.9. The molecule has 2 nitrogen and oxygen atoms in total. The second kappa shape index (κ2) is 5.87. The van der Waals surface area contributed by atoms with Crippen molar-refractivity contribution in [2.45, 2.75) is 6.18 Å². The summed E-state index contributed by atoms with van der Waals surface area (Å²) < 4.78 is 37.0. The Balaban J connectivity index is 2.81. The SMILES string of the molecule is N#CC(CNc1cc(Cl)c(Cl)cc1Cl)C(F)(F)F. The molecule has 0 aromatic heterocycles. The minimum atomic E-state index is -4.59. The van der Waals surface area contributed by atoms with Gasteiger partial charge in [0.05, 0.1) is 26.8 Å². The number of nitrogens with zero attached hydrogens (tertiary/aromatic N) is 1. The molecular formula is C10H6Cl3F3N2. The van der Waals surface area contributed by atoms with E-state index in [1.54, 1.807) is 0 Å². The molecule has 18 heavy (non-hydrogen) atoms. The van der Waals surface area contributed by atoms with Gasteiger partial charge in [0.25, 0.3) is 0 Å². The Labute approximate surface area is 116 Å². The van der Waals surface area contributed by atoms with E-state index in [2.05, 4.69) is 5.32 Å². The van der Waals surface area contributed by atoms with E-state index in [1.807, 2.05) is 0 Å². The maximum Gasteiger partial charge on any atom is 0.406 e. The van der Waals surface area contributed by atoms with E-state index in [0.29, 0.717) is 0 Å². The highest BCUT2D eigenvalue weighted by Crippen LogP contribution is 2.33. The van der Waals surface area contributed by atoms with Crippen molar-refractivity contribution in [2.24, 2.45) is 5.92 Å². The topological polar surface area (TPSA) is 35.8 Å². The van der Waals surface area contributed by atoms with Gasteiger partial charge in [-0.3, -0.25) is 0 Å². The lowest BCUT2D eigenvalue weighted by molar-refractivity contribution is -0.155. The predicted molar refractivity (Wildman–Crippen MR) is 65.1 cm³/mol. The smallest absolute Gasteiger partial charge is 0.382 e. The Kier molecular flexibility index (Phi) is 4.97. The van der Waals surface area contributed by atoms with Crippen LogP contribution in [-0.4, -0.2) is 12.7 Å². The van der Waals surface area contributed by atoms with Gasteiger partial charge in [-0.1, -0.05) is 34.8 Å². The second-order valence-corrected chi connectivity index (χ2v) is 4.57. The van der Waals surface area contributed by atoms with E-state index < -0.39 is 18.6 Å². The zero-order chi connectivity index (χ0) is 13.9. The standard InChI is InChI=1S/C10H6Cl3F3N2/c11-6-1-8(13)9(2-7(6)12)18-4-5(3-17)10(14,15)16/h1-2,5,18H,4H2. The molecule has 0 aliphatic heterocycles. The van der Waals surface area contributed by atoms with Crippen LogP contribution in [0.25, 0.3) is 0 Å². The van der Waals surface area contributed by atoms with Gasteiger partial charge < -0.3 is 5.32 Å². The van der Waals surface area contributed by atoms with Crippen molar-refractivity contribution in [3.63, 3.8) is 0 Å². The minimum Gasteiger partial charge on any atom is -0.382 e. The summed E-state index contributed by atoms with van der Waals surface area (Å²) in [4.78, 5) is 0. The first-order valence-corrected chi connectivity index (χ1v) is 5.74. The molecule has 98 valence electrons. The summed E-state index contributed by atoms with van der Waals surface area (Å²) in [5, 5.41) is 11.3. The fourth-order valence-corrected chi connectivity index (χ4v) is 1.72. The first-order chi connectivity index (χ1) is 8.25. The number of alkyl halides is 3. The molecule has 0 aliphatic rings. The number of rotatable bonds is 3. The van der Waals surface area contributed by atoms with Crippen LogP contribution in [0, 0.1) is 17.2 Å². The molecule has 1 N–H and O–H groups in total. The van der Waals surface area contributed by atoms with Crippen LogP contribution < -0.4 is 5.32 Å². The zero-order valence-electron chi connectivity index (χ0n) is 8.65. The largest absolute Gasteiger partial charge is 0.406 e. The van der Waals surface area contributed by atoms with E-state index in [1.165, 1.54) is 18.2 Å². The van der Waals surface area contributed by atoms with Gasteiger partial charge in [-0.05, 0) is 12.1 Å². The van der Waals surface area contributed by atoms with E-state index in [9.17, 15) is 13.2 Å². The summed E-state index contributed by atoms with van der Waals surface area (Å²) in [5.41, 5.74) is 0.190. The average molecular weight is 318 g/mol. The Hall–Kier alpha value is -0.830. The maximum absolute atomic E-state index is 12.3. The van der Waals surface area contributed by atoms with Crippen molar-refractivity contribution in [3.8, 4) is 6.07 Å². The summed E-state index contributed by atoms with van der Waals surface area (Å²) in [6, 6.07) is 3.78. The first-order valence-electron chi connectivity index (χ1n) is 4.60. The zero-order valence-corrected chi connectivity index (χ0v) is 10.9. The lowest BCUT2D eigenvalue weighted by Gasteiger charge is -2.15. The third kappa shape index (κ3) is 3.84. The van der Waals surface area contributed by atoms with E-state index >= 15 is 0 Å². The summed E-state index contributed by atoms with van der Waals surface area (Å²) in [6.45, 7) is -0.613. The van der Waals surface area contributed by atoms with Crippen LogP contribution in [0.3, 0.4) is 0 Å². The molecule has 0 spiro atoms. The van der Waals surface area contributed by atoms with Crippen LogP contribution in [0.4, 0.5) is 18.9 Å². The van der Waals surface area contributed by atoms with Gasteiger partial charge in [-0.15, -0.1) is 0 Å². The van der Waals surface area contributed by atoms with Crippen LogP contribution in [0.15, 0.2) is 12.1 Å². The van der Waals surface area contributed by atoms with Gasteiger partial charge in [0.1, 0.15) is 0 Å². The average Bonchev–Trinajstić information content (AvgIpc) is 2.24. The van der Waals surface area contributed by atoms with Crippen LogP contribution >= 0.6 is 34.8 Å². The third-order valence-electron chi connectivity index (χ3n) is 2.06. The van der Waals surface area contributed by atoms with Crippen molar-refractivity contribution < 1.29 is 13.2 Å². The molecule has 0 saturated heterocycles. The summed E-state index contributed by atoms with van der Waals surface area (Å²) in [5.74, 6) is -2.12. The predicted octanol–water partition coefficient (Wildman–Crippen LogP) is 4.76. The minimum absolute atomic E-state index is 0.128. The van der Waals surface area contributed by atoms with Crippen molar-refractivity contribution in [1.29, 1.82) is 5.26 Å². The number of anilines is 1. The van der Waals surface area contributed by atoms with Crippen LogP contribution in [0.2, 0.25) is 15.1 Å². The number of hydrogen-bond acceptors (Lipinski definition) is 2. The summed E-state index contributed by atoms with van der Waals surface area (Å²) in [6.07, 6.45) is -4.59. The molecule has 0 aliphatic carbocycles. The van der Waals surface area contributed by atoms with Gasteiger partial charge >= 0.3 is 6.18 Å². The number of halogens is 6. The molecule has 1 aromatic rings. The quantitative estimate of drug-likeness (QED) is 0.816. The third-order valence-corrected chi connectivity index (χ3v) is 3.09. The molecule has 0 saturated carbocycles. The molecule has 1 rings (SSSR count). The molecule has 1 atom stereocenters. The molecule has 0 bridgehead atoms. The molecular weight excluding hydrogens is 311 g/mol. The fraction of sp³-hybridized carbons (Fsp3) is 0.300. The Morgan fingerprint density at radius 2 is 1.72 bits per heavy atom. The van der Waals surface area contributed by atoms with Crippen molar-refractivity contribution in [3.05, 3.63) is 27.2 Å². The van der Waals surface area contributed by atoms with E-state index in [4.69, 9.17) is 40.1 Å². The van der Waals surface area contributed by atoms with Crippen LogP contribution in [0.5, 0.6) is 0 Å². The van der Waals surface area contributed by atoms with E-state index in [0.717, 1.165) is 0 Å². The summed E-state index contributed by atoms with van der Waals surface area (Å²) in [7, 11) is 0. The van der Waals surface area contributed by atoms with Gasteiger partial charge in [0.2, 0.25) is 0 Å². The lowest BCUT2D eigenvalue weighted by Crippen LogP contribution is -2.28. The van der Waals surface area contributed by atoms with Crippen molar-refractivity contribution in [1.82, 2.24) is 0 Å². The molecule has 8 heteroatoms. The highest BCUT2D eigenvalue weighted by Gasteiger charge is 2.39. The van der Waals surface area contributed by atoms with Gasteiger partial charge in [-0.2, -0.15) is 18.4 Å². The van der Waals surface area contributed by atoms with Gasteiger partial charge in [-0.25, -0.2) is 0 Å². The van der Waals surface area contributed by atoms with E-state index in [-0.39, 0.29) is 20.8 Å². The molecule has 0 fully saturated rings. The monoisotopic (exact) mass is 316 g/mol. The molecule has 1 unspecified atom stereocenters. The van der Waals surface area contributed by atoms with Crippen molar-refractivity contribution in [2.75, 3.05) is 11.9 Å². The second-order valence-electron chi connectivity index (χ2n) is 3.35. The van der Waals surface area contributed by atoms with Crippen LogP contribution in [-0.2, 0) is 0 Å². The highest BCUT2D eigenvalue weighted by atomic mass is 35.5. The lowest BCUT2D eigenvalue weighted by atomic mass is 10.1. The maximum atomic E-state index is 12.3. The molecule has 0 radical (unpaired) electrons. The molecule has 0 amide bonds. The number of nitrogens with one attached hydrogen (secondary N) is 1. The number of benzene rings is 1. The fourth-order valence-electron chi connectivity index (χ4n) is 1.10. The Morgan fingerprint density at radius 1 is 1.17 bits per heavy atom. The molecule has 1 aromatic carbocycles. The first kappa shape index (κ1) is 15.2. The summed E-state index contributed by atoms with van der Waals surface area (Å²) >= 11 is 17.2. The number of nitriles is 1. The Bertz CT molecular complexity index is 482. The van der Waals surface area contributed by atoms with Crippen molar-refractivity contribution >= 4 is 40.5 Å².